The molecule has 1 atom stereocenters. The van der Waals surface area contributed by atoms with Crippen molar-refractivity contribution in [2.24, 2.45) is 0 Å². The first kappa shape index (κ1) is 10.9. The summed E-state index contributed by atoms with van der Waals surface area (Å²) >= 11 is 0. The van der Waals surface area contributed by atoms with Crippen LogP contribution in [-0.2, 0) is 4.74 Å². The number of hydrogen-bond donors (Lipinski definition) is 1. The molecule has 0 spiro atoms. The predicted molar refractivity (Wildman–Crippen MR) is 46.6 cm³/mol. The number of ether oxygens (including phenoxy) is 1. The molecule has 0 amide bonds. The predicted octanol–water partition coefficient (Wildman–Crippen LogP) is 1.96. The highest BCUT2D eigenvalue weighted by atomic mass is 16.5. The fraction of sp³-hybridized carbons (Fsp3) is 1.00. The van der Waals surface area contributed by atoms with Crippen LogP contribution in [-0.4, -0.2) is 23.9 Å². The highest BCUT2D eigenvalue weighted by molar-refractivity contribution is 4.58. The van der Waals surface area contributed by atoms with Gasteiger partial charge in [0, 0.05) is 0 Å². The molecular weight excluding hydrogens is 140 g/mol. The standard InChI is InChI=1S/C9H20O2/c1-4-8(5-2)11-9(6-3)7-10/h8-10H,4-7H2,1-3H3. The highest BCUT2D eigenvalue weighted by Crippen LogP contribution is 2.08. The van der Waals surface area contributed by atoms with Gasteiger partial charge in [0.05, 0.1) is 18.8 Å². The van der Waals surface area contributed by atoms with Crippen molar-refractivity contribution in [1.82, 2.24) is 0 Å². The third kappa shape index (κ3) is 4.38. The Hall–Kier alpha value is -0.0800. The normalized spacial score (nSPS) is 13.9. The van der Waals surface area contributed by atoms with Crippen LogP contribution in [0.5, 0.6) is 0 Å². The zero-order valence-corrected chi connectivity index (χ0v) is 7.84. The van der Waals surface area contributed by atoms with E-state index < -0.39 is 0 Å². The second-order valence-corrected chi connectivity index (χ2v) is 2.79. The van der Waals surface area contributed by atoms with E-state index in [0.717, 1.165) is 19.3 Å². The number of aliphatic hydroxyl groups excluding tert-OH is 1. The van der Waals surface area contributed by atoms with Gasteiger partial charge in [-0.1, -0.05) is 20.8 Å². The summed E-state index contributed by atoms with van der Waals surface area (Å²) in [6, 6.07) is 0. The van der Waals surface area contributed by atoms with Crippen LogP contribution in [0.25, 0.3) is 0 Å². The maximum absolute atomic E-state index is 8.84. The molecule has 0 aliphatic heterocycles. The van der Waals surface area contributed by atoms with Crippen molar-refractivity contribution in [1.29, 1.82) is 0 Å². The molecule has 0 aliphatic rings. The number of rotatable bonds is 6. The second kappa shape index (κ2) is 6.62. The zero-order chi connectivity index (χ0) is 8.69. The maximum atomic E-state index is 8.84. The topological polar surface area (TPSA) is 29.5 Å². The molecule has 2 nitrogen and oxygen atoms in total. The minimum atomic E-state index is 0.0416. The van der Waals surface area contributed by atoms with Gasteiger partial charge in [-0.15, -0.1) is 0 Å². The molecule has 1 unspecified atom stereocenters. The molecular formula is C9H20O2. The molecule has 11 heavy (non-hydrogen) atoms. The summed E-state index contributed by atoms with van der Waals surface area (Å²) in [5.41, 5.74) is 0. The average Bonchev–Trinajstić information content (AvgIpc) is 2.07. The van der Waals surface area contributed by atoms with Gasteiger partial charge in [0.2, 0.25) is 0 Å². The Balaban J connectivity index is 3.58. The van der Waals surface area contributed by atoms with E-state index in [1.165, 1.54) is 0 Å². The summed E-state index contributed by atoms with van der Waals surface area (Å²) in [6.07, 6.45) is 3.33. The fourth-order valence-corrected chi connectivity index (χ4v) is 1.02. The van der Waals surface area contributed by atoms with Gasteiger partial charge >= 0.3 is 0 Å². The van der Waals surface area contributed by atoms with Gasteiger partial charge in [-0.2, -0.15) is 0 Å². The molecule has 68 valence electrons. The highest BCUT2D eigenvalue weighted by Gasteiger charge is 2.10. The molecule has 0 saturated heterocycles. The summed E-state index contributed by atoms with van der Waals surface area (Å²) in [4.78, 5) is 0. The molecule has 0 aliphatic carbocycles. The largest absolute Gasteiger partial charge is 0.394 e. The van der Waals surface area contributed by atoms with E-state index in [2.05, 4.69) is 13.8 Å². The van der Waals surface area contributed by atoms with Gasteiger partial charge in [-0.05, 0) is 19.3 Å². The fourth-order valence-electron chi connectivity index (χ4n) is 1.02. The van der Waals surface area contributed by atoms with Crippen molar-refractivity contribution in [2.45, 2.75) is 52.2 Å². The SMILES string of the molecule is CCC(CC)OC(CC)CO. The van der Waals surface area contributed by atoms with Crippen LogP contribution in [0.4, 0.5) is 0 Å². The van der Waals surface area contributed by atoms with E-state index >= 15 is 0 Å². The van der Waals surface area contributed by atoms with Gasteiger partial charge in [0.25, 0.3) is 0 Å². The van der Waals surface area contributed by atoms with E-state index in [-0.39, 0.29) is 12.7 Å². The smallest absolute Gasteiger partial charge is 0.0806 e. The lowest BCUT2D eigenvalue weighted by atomic mass is 10.2. The monoisotopic (exact) mass is 160 g/mol. The minimum Gasteiger partial charge on any atom is -0.394 e. The quantitative estimate of drug-likeness (QED) is 0.643. The minimum absolute atomic E-state index is 0.0416. The van der Waals surface area contributed by atoms with E-state index in [9.17, 15) is 0 Å². The molecule has 1 N–H and O–H groups in total. The zero-order valence-electron chi connectivity index (χ0n) is 7.84. The van der Waals surface area contributed by atoms with E-state index in [4.69, 9.17) is 9.84 Å². The van der Waals surface area contributed by atoms with Crippen LogP contribution < -0.4 is 0 Å². The Morgan fingerprint density at radius 1 is 1.00 bits per heavy atom. The molecule has 0 rings (SSSR count). The van der Waals surface area contributed by atoms with Crippen molar-refractivity contribution in [2.75, 3.05) is 6.61 Å². The van der Waals surface area contributed by atoms with Crippen LogP contribution in [0.2, 0.25) is 0 Å². The maximum Gasteiger partial charge on any atom is 0.0806 e. The molecule has 0 radical (unpaired) electrons. The Bertz CT molecular complexity index is 65.6. The summed E-state index contributed by atoms with van der Waals surface area (Å²) in [6.45, 7) is 6.40. The van der Waals surface area contributed by atoms with Gasteiger partial charge in [-0.3, -0.25) is 0 Å². The lowest BCUT2D eigenvalue weighted by Crippen LogP contribution is -2.23. The summed E-state index contributed by atoms with van der Waals surface area (Å²) in [5, 5.41) is 8.84. The van der Waals surface area contributed by atoms with Crippen LogP contribution in [0.3, 0.4) is 0 Å². The Kier molecular flexibility index (Phi) is 6.57. The first-order valence-corrected chi connectivity index (χ1v) is 4.54. The van der Waals surface area contributed by atoms with Crippen molar-refractivity contribution in [3.8, 4) is 0 Å². The van der Waals surface area contributed by atoms with Crippen molar-refractivity contribution in [3.05, 3.63) is 0 Å². The van der Waals surface area contributed by atoms with Crippen LogP contribution in [0.15, 0.2) is 0 Å². The summed E-state index contributed by atoms with van der Waals surface area (Å²) < 4.78 is 5.60. The van der Waals surface area contributed by atoms with Crippen molar-refractivity contribution in [3.63, 3.8) is 0 Å². The second-order valence-electron chi connectivity index (χ2n) is 2.79. The Morgan fingerprint density at radius 2 is 1.45 bits per heavy atom. The molecule has 0 fully saturated rings. The Labute approximate surface area is 69.6 Å². The molecule has 0 aromatic rings. The van der Waals surface area contributed by atoms with Gasteiger partial charge < -0.3 is 9.84 Å². The molecule has 0 bridgehead atoms. The van der Waals surface area contributed by atoms with Gasteiger partial charge in [0.1, 0.15) is 0 Å². The molecule has 0 saturated carbocycles. The van der Waals surface area contributed by atoms with E-state index in [1.807, 2.05) is 6.92 Å². The molecule has 0 heterocycles. The molecule has 0 aromatic carbocycles. The number of aliphatic hydroxyl groups is 1. The lowest BCUT2D eigenvalue weighted by Gasteiger charge is -2.20. The Morgan fingerprint density at radius 3 is 1.73 bits per heavy atom. The lowest BCUT2D eigenvalue weighted by molar-refractivity contribution is -0.0430. The third-order valence-corrected chi connectivity index (χ3v) is 1.95. The molecule has 0 aromatic heterocycles. The molecule has 2 heteroatoms. The van der Waals surface area contributed by atoms with E-state index in [1.54, 1.807) is 0 Å². The van der Waals surface area contributed by atoms with Gasteiger partial charge in [0.15, 0.2) is 0 Å². The summed E-state index contributed by atoms with van der Waals surface area (Å²) in [7, 11) is 0. The summed E-state index contributed by atoms with van der Waals surface area (Å²) in [5.74, 6) is 0. The van der Waals surface area contributed by atoms with E-state index in [0.29, 0.717) is 6.10 Å². The van der Waals surface area contributed by atoms with Crippen LogP contribution >= 0.6 is 0 Å². The number of hydrogen-bond acceptors (Lipinski definition) is 2. The first-order chi connectivity index (χ1) is 5.28. The van der Waals surface area contributed by atoms with Crippen molar-refractivity contribution >= 4 is 0 Å². The van der Waals surface area contributed by atoms with Crippen LogP contribution in [0.1, 0.15) is 40.0 Å². The van der Waals surface area contributed by atoms with Gasteiger partial charge in [-0.25, -0.2) is 0 Å². The first-order valence-electron chi connectivity index (χ1n) is 4.54. The van der Waals surface area contributed by atoms with Crippen LogP contribution in [0, 0.1) is 0 Å². The average molecular weight is 160 g/mol. The van der Waals surface area contributed by atoms with Crippen molar-refractivity contribution < 1.29 is 9.84 Å². The third-order valence-electron chi connectivity index (χ3n) is 1.95.